The summed E-state index contributed by atoms with van der Waals surface area (Å²) in [5.74, 6) is 0.0418. The molecular formula is C23H19ClFN3O3. The highest BCUT2D eigenvalue weighted by Gasteiger charge is 2.13. The first kappa shape index (κ1) is 20.7. The molecule has 158 valence electrons. The van der Waals surface area contributed by atoms with Crippen LogP contribution in [0.5, 0.6) is 5.75 Å². The van der Waals surface area contributed by atoms with Crippen LogP contribution in [-0.4, -0.2) is 15.7 Å². The van der Waals surface area contributed by atoms with Gasteiger partial charge in [0.25, 0.3) is 5.91 Å². The first-order valence-electron chi connectivity index (χ1n) is 9.52. The SMILES string of the molecule is Cc1cccc(Cn2cc(NC(=O)c3ccc(COc4ccc(F)cc4Cl)o3)cn2)c1. The fourth-order valence-corrected chi connectivity index (χ4v) is 3.25. The molecule has 0 saturated heterocycles. The number of hydrogen-bond acceptors (Lipinski definition) is 4. The van der Waals surface area contributed by atoms with Gasteiger partial charge < -0.3 is 14.5 Å². The van der Waals surface area contributed by atoms with Crippen molar-refractivity contribution in [3.05, 3.63) is 100 Å². The Bertz CT molecular complexity index is 1220. The summed E-state index contributed by atoms with van der Waals surface area (Å²) in [7, 11) is 0. The quantitative estimate of drug-likeness (QED) is 0.415. The second kappa shape index (κ2) is 9.06. The molecule has 1 amide bonds. The molecule has 0 spiro atoms. The highest BCUT2D eigenvalue weighted by atomic mass is 35.5. The van der Waals surface area contributed by atoms with Gasteiger partial charge in [0.1, 0.15) is 23.9 Å². The first-order chi connectivity index (χ1) is 15.0. The van der Waals surface area contributed by atoms with Crippen LogP contribution in [0.15, 0.2) is 71.4 Å². The van der Waals surface area contributed by atoms with Crippen LogP contribution in [0.25, 0.3) is 0 Å². The summed E-state index contributed by atoms with van der Waals surface area (Å²) in [6, 6.07) is 15.2. The standard InChI is InChI=1S/C23H19ClFN3O3/c1-15-3-2-4-16(9-15)12-28-13-18(11-26-28)27-23(29)22-8-6-19(31-22)14-30-21-7-5-17(25)10-20(21)24/h2-11,13H,12,14H2,1H3,(H,27,29). The van der Waals surface area contributed by atoms with Gasteiger partial charge in [-0.3, -0.25) is 9.48 Å². The minimum atomic E-state index is -0.448. The average molecular weight is 440 g/mol. The number of carbonyl (C=O) groups excluding carboxylic acids is 1. The number of aryl methyl sites for hydroxylation is 1. The van der Waals surface area contributed by atoms with E-state index in [1.807, 2.05) is 25.1 Å². The zero-order chi connectivity index (χ0) is 21.8. The summed E-state index contributed by atoms with van der Waals surface area (Å²) < 4.78 is 25.9. The van der Waals surface area contributed by atoms with E-state index in [9.17, 15) is 9.18 Å². The second-order valence-corrected chi connectivity index (χ2v) is 7.41. The van der Waals surface area contributed by atoms with Crippen LogP contribution >= 0.6 is 11.6 Å². The van der Waals surface area contributed by atoms with Gasteiger partial charge in [-0.2, -0.15) is 5.10 Å². The maximum Gasteiger partial charge on any atom is 0.291 e. The Kier molecular flexibility index (Phi) is 6.04. The predicted molar refractivity (Wildman–Crippen MR) is 115 cm³/mol. The molecule has 2 heterocycles. The molecule has 0 unspecified atom stereocenters. The number of hydrogen-bond donors (Lipinski definition) is 1. The molecule has 6 nitrogen and oxygen atoms in total. The van der Waals surface area contributed by atoms with Gasteiger partial charge in [-0.15, -0.1) is 0 Å². The van der Waals surface area contributed by atoms with Gasteiger partial charge in [0.05, 0.1) is 23.5 Å². The van der Waals surface area contributed by atoms with E-state index in [1.165, 1.54) is 17.7 Å². The first-order valence-corrected chi connectivity index (χ1v) is 9.90. The summed E-state index contributed by atoms with van der Waals surface area (Å²) in [4.78, 5) is 12.5. The van der Waals surface area contributed by atoms with Gasteiger partial charge in [0.2, 0.25) is 0 Å². The van der Waals surface area contributed by atoms with Gasteiger partial charge in [-0.25, -0.2) is 4.39 Å². The van der Waals surface area contributed by atoms with Crippen molar-refractivity contribution in [3.63, 3.8) is 0 Å². The van der Waals surface area contributed by atoms with Gasteiger partial charge in [-0.05, 0) is 42.8 Å². The van der Waals surface area contributed by atoms with Crippen LogP contribution in [-0.2, 0) is 13.2 Å². The van der Waals surface area contributed by atoms with E-state index >= 15 is 0 Å². The maximum absolute atomic E-state index is 13.1. The number of carbonyl (C=O) groups is 1. The molecule has 31 heavy (non-hydrogen) atoms. The fourth-order valence-electron chi connectivity index (χ4n) is 3.02. The van der Waals surface area contributed by atoms with E-state index in [1.54, 1.807) is 29.2 Å². The summed E-state index contributed by atoms with van der Waals surface area (Å²) in [6.07, 6.45) is 3.33. The minimum absolute atomic E-state index is 0.0487. The van der Waals surface area contributed by atoms with Crippen LogP contribution in [0.1, 0.15) is 27.4 Å². The van der Waals surface area contributed by atoms with E-state index in [4.69, 9.17) is 20.8 Å². The van der Waals surface area contributed by atoms with Crippen LogP contribution in [0.3, 0.4) is 0 Å². The monoisotopic (exact) mass is 439 g/mol. The fraction of sp³-hybridized carbons (Fsp3) is 0.130. The van der Waals surface area contributed by atoms with Crippen LogP contribution < -0.4 is 10.1 Å². The second-order valence-electron chi connectivity index (χ2n) is 7.00. The number of nitrogens with one attached hydrogen (secondary N) is 1. The molecule has 4 aromatic rings. The van der Waals surface area contributed by atoms with Crippen molar-refractivity contribution in [1.82, 2.24) is 9.78 Å². The third kappa shape index (κ3) is 5.32. The van der Waals surface area contributed by atoms with E-state index in [-0.39, 0.29) is 17.4 Å². The van der Waals surface area contributed by atoms with Crippen molar-refractivity contribution >= 4 is 23.2 Å². The van der Waals surface area contributed by atoms with Crippen LogP contribution in [0.2, 0.25) is 5.02 Å². The lowest BCUT2D eigenvalue weighted by Crippen LogP contribution is -2.10. The van der Waals surface area contributed by atoms with Crippen molar-refractivity contribution in [2.45, 2.75) is 20.1 Å². The lowest BCUT2D eigenvalue weighted by Gasteiger charge is -2.06. The molecule has 2 aromatic heterocycles. The van der Waals surface area contributed by atoms with Crippen LogP contribution in [0.4, 0.5) is 10.1 Å². The largest absolute Gasteiger partial charge is 0.484 e. The Morgan fingerprint density at radius 1 is 1.23 bits per heavy atom. The lowest BCUT2D eigenvalue weighted by molar-refractivity contribution is 0.0992. The molecule has 0 aliphatic rings. The van der Waals surface area contributed by atoms with E-state index in [2.05, 4.69) is 16.5 Å². The third-order valence-corrected chi connectivity index (χ3v) is 4.76. The van der Waals surface area contributed by atoms with E-state index in [0.717, 1.165) is 11.6 Å². The average Bonchev–Trinajstić information content (AvgIpc) is 3.37. The zero-order valence-electron chi connectivity index (χ0n) is 16.6. The zero-order valence-corrected chi connectivity index (χ0v) is 17.4. The van der Waals surface area contributed by atoms with Crippen molar-refractivity contribution in [2.75, 3.05) is 5.32 Å². The van der Waals surface area contributed by atoms with Crippen molar-refractivity contribution < 1.29 is 18.3 Å². The number of halogens is 2. The number of benzene rings is 2. The normalized spacial score (nSPS) is 10.8. The Hall–Kier alpha value is -3.58. The Morgan fingerprint density at radius 3 is 2.90 bits per heavy atom. The number of rotatable bonds is 7. The Balaban J connectivity index is 1.34. The summed E-state index contributed by atoms with van der Waals surface area (Å²) in [5, 5.41) is 7.20. The number of amides is 1. The Labute approximate surface area is 183 Å². The molecule has 0 aliphatic carbocycles. The molecular weight excluding hydrogens is 421 g/mol. The van der Waals surface area contributed by atoms with Crippen molar-refractivity contribution in [3.8, 4) is 5.75 Å². The van der Waals surface area contributed by atoms with E-state index < -0.39 is 11.7 Å². The topological polar surface area (TPSA) is 69.3 Å². The maximum atomic E-state index is 13.1. The van der Waals surface area contributed by atoms with Gasteiger partial charge in [0.15, 0.2) is 5.76 Å². The Morgan fingerprint density at radius 2 is 2.10 bits per heavy atom. The van der Waals surface area contributed by atoms with Gasteiger partial charge in [0, 0.05) is 6.20 Å². The highest BCUT2D eigenvalue weighted by Crippen LogP contribution is 2.26. The van der Waals surface area contributed by atoms with Gasteiger partial charge in [-0.1, -0.05) is 41.4 Å². The molecule has 0 fully saturated rings. The molecule has 0 atom stereocenters. The van der Waals surface area contributed by atoms with Crippen LogP contribution in [0, 0.1) is 12.7 Å². The highest BCUT2D eigenvalue weighted by molar-refractivity contribution is 6.32. The smallest absolute Gasteiger partial charge is 0.291 e. The predicted octanol–water partition coefficient (Wildman–Crippen LogP) is 5.46. The number of anilines is 1. The molecule has 0 aliphatic heterocycles. The third-order valence-electron chi connectivity index (χ3n) is 4.47. The van der Waals surface area contributed by atoms with Crippen molar-refractivity contribution in [1.29, 1.82) is 0 Å². The van der Waals surface area contributed by atoms with Crippen molar-refractivity contribution in [2.24, 2.45) is 0 Å². The number of furan rings is 1. The van der Waals surface area contributed by atoms with Gasteiger partial charge >= 0.3 is 0 Å². The molecule has 4 rings (SSSR count). The molecule has 0 bridgehead atoms. The molecule has 8 heteroatoms. The lowest BCUT2D eigenvalue weighted by atomic mass is 10.1. The van der Waals surface area contributed by atoms with E-state index in [0.29, 0.717) is 23.7 Å². The minimum Gasteiger partial charge on any atom is -0.484 e. The summed E-state index contributed by atoms with van der Waals surface area (Å²) >= 11 is 5.93. The molecule has 2 aromatic carbocycles. The number of nitrogens with zero attached hydrogens (tertiary/aromatic N) is 2. The summed E-state index contributed by atoms with van der Waals surface area (Å²) in [6.45, 7) is 2.69. The molecule has 0 saturated carbocycles. The number of aromatic nitrogens is 2. The number of ether oxygens (including phenoxy) is 1. The molecule has 1 N–H and O–H groups in total. The summed E-state index contributed by atoms with van der Waals surface area (Å²) in [5.41, 5.74) is 2.86. The molecule has 0 radical (unpaired) electrons.